The minimum Gasteiger partial charge on any atom is -0.348 e. The number of benzene rings is 1. The summed E-state index contributed by atoms with van der Waals surface area (Å²) in [5.41, 5.74) is 0.798. The molecule has 0 spiro atoms. The van der Waals surface area contributed by atoms with Crippen LogP contribution in [0.4, 0.5) is 10.3 Å². The molecule has 0 fully saturated rings. The van der Waals surface area contributed by atoms with Gasteiger partial charge in [0.2, 0.25) is 5.95 Å². The van der Waals surface area contributed by atoms with E-state index in [0.29, 0.717) is 17.1 Å². The molecule has 0 saturated carbocycles. The summed E-state index contributed by atoms with van der Waals surface area (Å²) in [6.07, 6.45) is 5.13. The molecule has 1 N–H and O–H groups in total. The van der Waals surface area contributed by atoms with Crippen LogP contribution < -0.4 is 10.2 Å². The van der Waals surface area contributed by atoms with Crippen molar-refractivity contribution in [3.63, 3.8) is 0 Å². The van der Waals surface area contributed by atoms with Gasteiger partial charge in [0.15, 0.2) is 0 Å². The maximum absolute atomic E-state index is 13.5. The van der Waals surface area contributed by atoms with E-state index in [4.69, 9.17) is 0 Å². The zero-order chi connectivity index (χ0) is 16.7. The van der Waals surface area contributed by atoms with Gasteiger partial charge in [-0.3, -0.25) is 4.79 Å². The Bertz CT molecular complexity index is 645. The molecule has 1 amide bonds. The largest absolute Gasteiger partial charge is 0.348 e. The first-order valence-electron chi connectivity index (χ1n) is 7.66. The molecule has 23 heavy (non-hydrogen) atoms. The highest BCUT2D eigenvalue weighted by atomic mass is 19.1. The number of amides is 1. The maximum atomic E-state index is 13.5. The van der Waals surface area contributed by atoms with E-state index < -0.39 is 0 Å². The van der Waals surface area contributed by atoms with Crippen LogP contribution in [0.2, 0.25) is 0 Å². The number of unbranched alkanes of at least 4 members (excludes halogenated alkanes) is 1. The molecular weight excluding hydrogens is 295 g/mol. The molecule has 2 aromatic rings. The molecule has 122 valence electrons. The van der Waals surface area contributed by atoms with E-state index in [1.165, 1.54) is 18.5 Å². The Kier molecular flexibility index (Phi) is 6.02. The quantitative estimate of drug-likeness (QED) is 0.853. The Morgan fingerprint density at radius 3 is 2.61 bits per heavy atom. The predicted molar refractivity (Wildman–Crippen MR) is 87.8 cm³/mol. The van der Waals surface area contributed by atoms with Crippen molar-refractivity contribution in [2.24, 2.45) is 0 Å². The summed E-state index contributed by atoms with van der Waals surface area (Å²) in [6.45, 7) is 3.12. The first-order valence-corrected chi connectivity index (χ1v) is 7.66. The fraction of sp³-hybridized carbons (Fsp3) is 0.353. The van der Waals surface area contributed by atoms with E-state index >= 15 is 0 Å². The summed E-state index contributed by atoms with van der Waals surface area (Å²) < 4.78 is 13.5. The second-order valence-corrected chi connectivity index (χ2v) is 5.32. The number of hydrogen-bond acceptors (Lipinski definition) is 4. The number of nitrogens with one attached hydrogen (secondary N) is 1. The van der Waals surface area contributed by atoms with E-state index in [-0.39, 0.29) is 18.3 Å². The van der Waals surface area contributed by atoms with Crippen molar-refractivity contribution in [1.82, 2.24) is 15.3 Å². The average Bonchev–Trinajstić information content (AvgIpc) is 2.59. The van der Waals surface area contributed by atoms with Crippen LogP contribution in [0.5, 0.6) is 0 Å². The van der Waals surface area contributed by atoms with Crippen LogP contribution in [0.3, 0.4) is 0 Å². The van der Waals surface area contributed by atoms with Crippen LogP contribution in [-0.2, 0) is 6.54 Å². The van der Waals surface area contributed by atoms with Gasteiger partial charge in [-0.2, -0.15) is 0 Å². The lowest BCUT2D eigenvalue weighted by Crippen LogP contribution is -2.25. The Hall–Kier alpha value is -2.50. The number of hydrogen-bond donors (Lipinski definition) is 1. The van der Waals surface area contributed by atoms with Gasteiger partial charge in [0.25, 0.3) is 5.91 Å². The molecule has 0 radical (unpaired) electrons. The molecule has 0 aliphatic rings. The molecule has 2 rings (SSSR count). The van der Waals surface area contributed by atoms with E-state index in [1.807, 2.05) is 11.9 Å². The summed E-state index contributed by atoms with van der Waals surface area (Å²) >= 11 is 0. The van der Waals surface area contributed by atoms with Crippen LogP contribution in [0.15, 0.2) is 36.7 Å². The van der Waals surface area contributed by atoms with Gasteiger partial charge >= 0.3 is 0 Å². The lowest BCUT2D eigenvalue weighted by molar-refractivity contribution is 0.0950. The van der Waals surface area contributed by atoms with E-state index in [1.54, 1.807) is 18.2 Å². The number of anilines is 1. The Morgan fingerprint density at radius 1 is 1.26 bits per heavy atom. The van der Waals surface area contributed by atoms with Crippen LogP contribution >= 0.6 is 0 Å². The minimum atomic E-state index is -0.336. The zero-order valence-electron chi connectivity index (χ0n) is 13.4. The molecule has 5 nitrogen and oxygen atoms in total. The van der Waals surface area contributed by atoms with Crippen LogP contribution in [0, 0.1) is 5.82 Å². The predicted octanol–water partition coefficient (Wildman–Crippen LogP) is 2.78. The van der Waals surface area contributed by atoms with Crippen molar-refractivity contribution in [1.29, 1.82) is 0 Å². The third-order valence-electron chi connectivity index (χ3n) is 3.49. The second-order valence-electron chi connectivity index (χ2n) is 5.32. The van der Waals surface area contributed by atoms with Crippen LogP contribution in [-0.4, -0.2) is 29.5 Å². The Balaban J connectivity index is 1.94. The van der Waals surface area contributed by atoms with Gasteiger partial charge in [-0.1, -0.05) is 31.5 Å². The normalized spacial score (nSPS) is 10.4. The molecule has 1 aromatic carbocycles. The van der Waals surface area contributed by atoms with Crippen molar-refractivity contribution in [3.8, 4) is 0 Å². The maximum Gasteiger partial charge on any atom is 0.254 e. The SMILES string of the molecule is CCCCN(C)c1ncc(C(=O)NCc2ccccc2F)cn1. The smallest absolute Gasteiger partial charge is 0.254 e. The molecule has 0 unspecified atom stereocenters. The van der Waals surface area contributed by atoms with Gasteiger partial charge in [0, 0.05) is 38.1 Å². The summed E-state index contributed by atoms with van der Waals surface area (Å²) in [6, 6.07) is 6.35. The average molecular weight is 316 g/mol. The van der Waals surface area contributed by atoms with Crippen LogP contribution in [0.1, 0.15) is 35.7 Å². The van der Waals surface area contributed by atoms with Crippen molar-refractivity contribution in [3.05, 3.63) is 53.6 Å². The fourth-order valence-corrected chi connectivity index (χ4v) is 2.05. The highest BCUT2D eigenvalue weighted by Crippen LogP contribution is 2.08. The van der Waals surface area contributed by atoms with Gasteiger partial charge in [-0.05, 0) is 12.5 Å². The number of nitrogens with zero attached hydrogens (tertiary/aromatic N) is 3. The third-order valence-corrected chi connectivity index (χ3v) is 3.49. The highest BCUT2D eigenvalue weighted by Gasteiger charge is 2.10. The number of halogens is 1. The van der Waals surface area contributed by atoms with E-state index in [2.05, 4.69) is 22.2 Å². The van der Waals surface area contributed by atoms with Gasteiger partial charge < -0.3 is 10.2 Å². The molecular formula is C17H21FN4O. The van der Waals surface area contributed by atoms with E-state index in [0.717, 1.165) is 19.4 Å². The summed E-state index contributed by atoms with van der Waals surface area (Å²) in [7, 11) is 1.92. The molecule has 0 atom stereocenters. The first-order chi connectivity index (χ1) is 11.1. The molecule has 0 aliphatic heterocycles. The van der Waals surface area contributed by atoms with Crippen molar-refractivity contribution >= 4 is 11.9 Å². The summed E-state index contributed by atoms with van der Waals surface area (Å²) in [5, 5.41) is 2.67. The molecule has 0 aliphatic carbocycles. The van der Waals surface area contributed by atoms with Gasteiger partial charge in [0.1, 0.15) is 5.82 Å². The van der Waals surface area contributed by atoms with Crippen molar-refractivity contribution in [2.45, 2.75) is 26.3 Å². The molecule has 6 heteroatoms. The minimum absolute atomic E-state index is 0.129. The van der Waals surface area contributed by atoms with Crippen LogP contribution in [0.25, 0.3) is 0 Å². The standard InChI is InChI=1S/C17H21FN4O/c1-3-4-9-22(2)17-20-11-14(12-21-17)16(23)19-10-13-7-5-6-8-15(13)18/h5-8,11-12H,3-4,9-10H2,1-2H3,(H,19,23). The van der Waals surface area contributed by atoms with Gasteiger partial charge in [0.05, 0.1) is 5.56 Å². The Labute approximate surface area is 135 Å². The molecule has 0 saturated heterocycles. The summed E-state index contributed by atoms with van der Waals surface area (Å²) in [4.78, 5) is 22.4. The van der Waals surface area contributed by atoms with Gasteiger partial charge in [-0.25, -0.2) is 14.4 Å². The number of rotatable bonds is 7. The summed E-state index contributed by atoms with van der Waals surface area (Å²) in [5.74, 6) is -0.0722. The lowest BCUT2D eigenvalue weighted by atomic mass is 10.2. The fourth-order valence-electron chi connectivity index (χ4n) is 2.05. The van der Waals surface area contributed by atoms with Gasteiger partial charge in [-0.15, -0.1) is 0 Å². The Morgan fingerprint density at radius 2 is 1.96 bits per heavy atom. The lowest BCUT2D eigenvalue weighted by Gasteiger charge is -2.16. The van der Waals surface area contributed by atoms with E-state index in [9.17, 15) is 9.18 Å². The van der Waals surface area contributed by atoms with Crippen molar-refractivity contribution in [2.75, 3.05) is 18.5 Å². The monoisotopic (exact) mass is 316 g/mol. The highest BCUT2D eigenvalue weighted by molar-refractivity contribution is 5.93. The molecule has 1 aromatic heterocycles. The number of aromatic nitrogens is 2. The number of carbonyl (C=O) groups excluding carboxylic acids is 1. The third kappa shape index (κ3) is 4.74. The number of carbonyl (C=O) groups is 1. The second kappa shape index (κ2) is 8.22. The molecule has 1 heterocycles. The molecule has 0 bridgehead atoms. The first kappa shape index (κ1) is 16.9. The zero-order valence-corrected chi connectivity index (χ0v) is 13.4. The van der Waals surface area contributed by atoms with Crippen molar-refractivity contribution < 1.29 is 9.18 Å². The topological polar surface area (TPSA) is 58.1 Å².